The second-order valence-corrected chi connectivity index (χ2v) is 12.8. The Labute approximate surface area is 257 Å². The number of nitrogens with two attached hydrogens (primary N) is 2. The normalized spacial score (nSPS) is 29.2. The minimum Gasteiger partial charge on any atom is -0.495 e. The van der Waals surface area contributed by atoms with E-state index in [4.69, 9.17) is 27.8 Å². The number of nitrogens with zero attached hydrogens (tertiary/aromatic N) is 2. The van der Waals surface area contributed by atoms with Gasteiger partial charge in [0.2, 0.25) is 5.91 Å². The van der Waals surface area contributed by atoms with Crippen LogP contribution in [0.3, 0.4) is 0 Å². The summed E-state index contributed by atoms with van der Waals surface area (Å²) in [6.07, 6.45) is 10.4. The summed E-state index contributed by atoms with van der Waals surface area (Å²) in [5.41, 5.74) is 18.4. The molecular formula is C34H50ClN5O2. The van der Waals surface area contributed by atoms with Crippen LogP contribution in [0.15, 0.2) is 58.4 Å². The van der Waals surface area contributed by atoms with E-state index in [1.165, 1.54) is 16.8 Å². The van der Waals surface area contributed by atoms with E-state index in [0.717, 1.165) is 31.4 Å². The summed E-state index contributed by atoms with van der Waals surface area (Å²) >= 11 is 6.25. The maximum atomic E-state index is 13.5. The van der Waals surface area contributed by atoms with Crippen molar-refractivity contribution in [2.24, 2.45) is 40.1 Å². The number of amidine groups is 1. The third-order valence-corrected chi connectivity index (χ3v) is 10.1. The van der Waals surface area contributed by atoms with E-state index in [0.29, 0.717) is 47.8 Å². The Balaban J connectivity index is 1.42. The average molecular weight is 596 g/mol. The molecule has 1 amide bonds. The Morgan fingerprint density at radius 3 is 2.74 bits per heavy atom. The van der Waals surface area contributed by atoms with Crippen molar-refractivity contribution in [1.82, 2.24) is 10.2 Å². The summed E-state index contributed by atoms with van der Waals surface area (Å²) in [4.78, 5) is 20.2. The lowest BCUT2D eigenvalue weighted by atomic mass is 9.67. The van der Waals surface area contributed by atoms with Crippen LogP contribution < -0.4 is 21.5 Å². The molecule has 4 unspecified atom stereocenters. The molecule has 42 heavy (non-hydrogen) atoms. The van der Waals surface area contributed by atoms with Gasteiger partial charge in [0, 0.05) is 49.1 Å². The summed E-state index contributed by atoms with van der Waals surface area (Å²) in [6.45, 7) is 12.2. The number of benzene rings is 1. The van der Waals surface area contributed by atoms with Crippen molar-refractivity contribution < 1.29 is 9.53 Å². The zero-order valence-electron chi connectivity index (χ0n) is 26.2. The van der Waals surface area contributed by atoms with Crippen molar-refractivity contribution in [2.45, 2.75) is 84.7 Å². The lowest BCUT2D eigenvalue weighted by Crippen LogP contribution is -2.51. The Morgan fingerprint density at radius 1 is 1.31 bits per heavy atom. The van der Waals surface area contributed by atoms with E-state index in [2.05, 4.69) is 61.1 Å². The molecule has 8 heteroatoms. The van der Waals surface area contributed by atoms with Crippen molar-refractivity contribution in [3.8, 4) is 5.75 Å². The van der Waals surface area contributed by atoms with E-state index in [9.17, 15) is 4.79 Å². The standard InChI is InChI=1S/C34H50ClN5O2/c1-7-38-34(37)31-30(33-20(2)9-8-15-39-33)21(3)17-26(32(31)36)11-13-29(41)40-16-14-25(18-22(40)4)23(5)24-10-12-27(35)28(19-24)42-6/h8,10,12,15,17,19,21-23,25,30-32,39H,7,9,11,13-14,16,18,36H2,1-6H3,(H2,37,38)/t21-,22+,23+,25?,30?,31?,32?/m1/s1. The first-order valence-electron chi connectivity index (χ1n) is 15.6. The number of nitrogens with one attached hydrogen (secondary N) is 1. The van der Waals surface area contributed by atoms with Crippen LogP contribution in [0.5, 0.6) is 5.75 Å². The van der Waals surface area contributed by atoms with Crippen LogP contribution in [0.4, 0.5) is 0 Å². The minimum absolute atomic E-state index is 0.110. The van der Waals surface area contributed by atoms with Crippen molar-refractivity contribution >= 4 is 23.3 Å². The van der Waals surface area contributed by atoms with Gasteiger partial charge in [0.05, 0.1) is 18.0 Å². The summed E-state index contributed by atoms with van der Waals surface area (Å²) < 4.78 is 5.44. The van der Waals surface area contributed by atoms with Gasteiger partial charge in [-0.2, -0.15) is 0 Å². The van der Waals surface area contributed by atoms with E-state index in [1.807, 2.05) is 25.3 Å². The smallest absolute Gasteiger partial charge is 0.223 e. The molecule has 0 aromatic heterocycles. The average Bonchev–Trinajstić information content (AvgIpc) is 2.97. The highest BCUT2D eigenvalue weighted by Gasteiger charge is 2.42. The highest BCUT2D eigenvalue weighted by Crippen LogP contribution is 2.41. The number of likely N-dealkylation sites (tertiary alicyclic amines) is 1. The third kappa shape index (κ3) is 6.89. The summed E-state index contributed by atoms with van der Waals surface area (Å²) in [7, 11) is 1.65. The Kier molecular flexibility index (Phi) is 10.8. The molecule has 2 heterocycles. The molecule has 1 aromatic rings. The van der Waals surface area contributed by atoms with Gasteiger partial charge in [-0.1, -0.05) is 49.2 Å². The monoisotopic (exact) mass is 595 g/mol. The second kappa shape index (κ2) is 14.1. The fourth-order valence-corrected chi connectivity index (χ4v) is 7.53. The molecule has 1 fully saturated rings. The van der Waals surface area contributed by atoms with Crippen LogP contribution in [0.1, 0.15) is 78.2 Å². The van der Waals surface area contributed by atoms with Crippen LogP contribution in [0.2, 0.25) is 5.02 Å². The van der Waals surface area contributed by atoms with Crippen LogP contribution in [-0.2, 0) is 4.79 Å². The SMILES string of the molecule is CCN=C(N)C1C(N)C(CCC(=O)N2CCC([C@@H](C)c3ccc(Cl)c(OC)c3)C[C@@H]2C)=C[C@@H](C)C1C1=C(C)CC=CN1. The number of ether oxygens (including phenoxy) is 1. The first kappa shape index (κ1) is 32.2. The molecule has 5 N–H and O–H groups in total. The maximum Gasteiger partial charge on any atom is 0.223 e. The molecule has 4 rings (SSSR count). The predicted molar refractivity (Wildman–Crippen MR) is 174 cm³/mol. The van der Waals surface area contributed by atoms with E-state index >= 15 is 0 Å². The van der Waals surface area contributed by atoms with Gasteiger partial charge in [-0.05, 0) is 93.7 Å². The summed E-state index contributed by atoms with van der Waals surface area (Å²) in [5.74, 6) is 2.61. The first-order chi connectivity index (χ1) is 20.1. The topological polar surface area (TPSA) is 106 Å². The Bertz CT molecular complexity index is 1250. The summed E-state index contributed by atoms with van der Waals surface area (Å²) in [5, 5.41) is 4.12. The van der Waals surface area contributed by atoms with Gasteiger partial charge in [-0.3, -0.25) is 9.79 Å². The molecule has 7 nitrogen and oxygen atoms in total. The highest BCUT2D eigenvalue weighted by atomic mass is 35.5. The van der Waals surface area contributed by atoms with Gasteiger partial charge in [0.15, 0.2) is 0 Å². The van der Waals surface area contributed by atoms with Gasteiger partial charge in [0.1, 0.15) is 5.75 Å². The number of methoxy groups -OCH3 is 1. The number of rotatable bonds is 9. The molecule has 0 spiro atoms. The molecule has 230 valence electrons. The molecule has 0 radical (unpaired) electrons. The summed E-state index contributed by atoms with van der Waals surface area (Å²) in [6, 6.07) is 5.96. The van der Waals surface area contributed by atoms with Crippen molar-refractivity contribution in [2.75, 3.05) is 20.2 Å². The van der Waals surface area contributed by atoms with E-state index in [-0.39, 0.29) is 35.7 Å². The molecule has 1 aliphatic carbocycles. The Morgan fingerprint density at radius 2 is 2.07 bits per heavy atom. The van der Waals surface area contributed by atoms with Crippen molar-refractivity contribution in [3.63, 3.8) is 0 Å². The molecule has 3 aliphatic rings. The third-order valence-electron chi connectivity index (χ3n) is 9.77. The lowest BCUT2D eigenvalue weighted by Gasteiger charge is -2.42. The lowest BCUT2D eigenvalue weighted by molar-refractivity contribution is -0.135. The highest BCUT2D eigenvalue weighted by molar-refractivity contribution is 6.32. The molecule has 1 aromatic carbocycles. The molecule has 1 saturated heterocycles. The van der Waals surface area contributed by atoms with Gasteiger partial charge in [-0.15, -0.1) is 0 Å². The number of piperidine rings is 1. The largest absolute Gasteiger partial charge is 0.495 e. The zero-order chi connectivity index (χ0) is 30.6. The number of carbonyl (C=O) groups excluding carboxylic acids is 1. The number of dihydropyridines is 1. The van der Waals surface area contributed by atoms with Crippen molar-refractivity contribution in [1.29, 1.82) is 0 Å². The molecule has 0 bridgehead atoms. The number of halogens is 1. The van der Waals surface area contributed by atoms with Gasteiger partial charge < -0.3 is 26.4 Å². The first-order valence-corrected chi connectivity index (χ1v) is 15.9. The molecule has 2 aliphatic heterocycles. The van der Waals surface area contributed by atoms with E-state index < -0.39 is 0 Å². The van der Waals surface area contributed by atoms with Gasteiger partial charge >= 0.3 is 0 Å². The molecular weight excluding hydrogens is 546 g/mol. The quantitative estimate of drug-likeness (QED) is 0.180. The Hall–Kier alpha value is -2.77. The zero-order valence-corrected chi connectivity index (χ0v) is 27.0. The number of carbonyl (C=O) groups is 1. The number of hydrogen-bond acceptors (Lipinski definition) is 5. The van der Waals surface area contributed by atoms with Crippen LogP contribution in [0, 0.1) is 23.7 Å². The van der Waals surface area contributed by atoms with Crippen LogP contribution in [-0.4, -0.2) is 48.9 Å². The number of aliphatic imine (C=N–C) groups is 1. The number of amides is 1. The van der Waals surface area contributed by atoms with Crippen LogP contribution >= 0.6 is 11.6 Å². The molecule has 7 atom stereocenters. The minimum atomic E-state index is -0.275. The maximum absolute atomic E-state index is 13.5. The van der Waals surface area contributed by atoms with Crippen LogP contribution in [0.25, 0.3) is 0 Å². The van der Waals surface area contributed by atoms with Gasteiger partial charge in [-0.25, -0.2) is 0 Å². The predicted octanol–water partition coefficient (Wildman–Crippen LogP) is 6.15. The van der Waals surface area contributed by atoms with Gasteiger partial charge in [0.25, 0.3) is 0 Å². The second-order valence-electron chi connectivity index (χ2n) is 12.4. The molecule has 0 saturated carbocycles. The van der Waals surface area contributed by atoms with E-state index in [1.54, 1.807) is 7.11 Å². The fourth-order valence-electron chi connectivity index (χ4n) is 7.34. The number of hydrogen-bond donors (Lipinski definition) is 3. The van der Waals surface area contributed by atoms with Crippen molar-refractivity contribution in [3.05, 3.63) is 64.0 Å². The fraction of sp³-hybridized carbons (Fsp3) is 0.588. The number of allylic oxidation sites excluding steroid dienone is 4.